The Morgan fingerprint density at radius 1 is 1.46 bits per heavy atom. The number of rotatable bonds is 2. The number of nitrogens with two attached hydrogens (primary N) is 1. The first kappa shape index (κ1) is 8.19. The molecule has 2 rings (SSSR count). The van der Waals surface area contributed by atoms with Crippen molar-refractivity contribution in [1.82, 2.24) is 15.0 Å². The first-order valence-electron chi connectivity index (χ1n) is 4.32. The number of hydrogen-bond donors (Lipinski definition) is 2. The van der Waals surface area contributed by atoms with Gasteiger partial charge in [0, 0.05) is 12.6 Å². The van der Waals surface area contributed by atoms with E-state index < -0.39 is 0 Å². The lowest BCUT2D eigenvalue weighted by molar-refractivity contribution is 0.904. The van der Waals surface area contributed by atoms with E-state index in [9.17, 15) is 0 Å². The monoisotopic (exact) mass is 176 g/mol. The van der Waals surface area contributed by atoms with E-state index in [-0.39, 0.29) is 0 Å². The van der Waals surface area contributed by atoms with Gasteiger partial charge < -0.3 is 10.7 Å². The van der Waals surface area contributed by atoms with E-state index in [1.54, 1.807) is 0 Å². The van der Waals surface area contributed by atoms with Crippen molar-refractivity contribution in [3.8, 4) is 0 Å². The number of hydrogen-bond acceptors (Lipinski definition) is 3. The normalized spacial score (nSPS) is 10.9. The molecule has 3 N–H and O–H groups in total. The lowest BCUT2D eigenvalue weighted by atomic mass is 10.2. The highest BCUT2D eigenvalue weighted by atomic mass is 14.9. The van der Waals surface area contributed by atoms with Crippen LogP contribution in [0.1, 0.15) is 11.5 Å². The third kappa shape index (κ3) is 1.40. The van der Waals surface area contributed by atoms with Crippen LogP contribution < -0.4 is 5.73 Å². The molecule has 0 saturated carbocycles. The van der Waals surface area contributed by atoms with Crippen LogP contribution in [0.15, 0.2) is 12.3 Å². The third-order valence-corrected chi connectivity index (χ3v) is 1.97. The largest absolute Gasteiger partial charge is 0.358 e. The fourth-order valence-electron chi connectivity index (χ4n) is 1.45. The van der Waals surface area contributed by atoms with E-state index in [0.717, 1.165) is 29.0 Å². The van der Waals surface area contributed by atoms with E-state index in [4.69, 9.17) is 5.73 Å². The minimum Gasteiger partial charge on any atom is -0.358 e. The van der Waals surface area contributed by atoms with Crippen molar-refractivity contribution in [3.63, 3.8) is 0 Å². The minimum atomic E-state index is 0.616. The van der Waals surface area contributed by atoms with Crippen molar-refractivity contribution in [2.45, 2.75) is 13.3 Å². The Hall–Kier alpha value is -1.42. The van der Waals surface area contributed by atoms with Crippen molar-refractivity contribution in [2.24, 2.45) is 5.73 Å². The predicted molar refractivity (Wildman–Crippen MR) is 51.4 cm³/mol. The maximum Gasteiger partial charge on any atom is 0.126 e. The predicted octanol–water partition coefficient (Wildman–Crippen LogP) is 0.768. The van der Waals surface area contributed by atoms with E-state index >= 15 is 0 Å². The number of H-pyrrole nitrogens is 1. The maximum atomic E-state index is 5.50. The summed E-state index contributed by atoms with van der Waals surface area (Å²) in [4.78, 5) is 11.8. The molecule has 4 heteroatoms. The summed E-state index contributed by atoms with van der Waals surface area (Å²) in [5.41, 5.74) is 8.48. The number of nitrogens with one attached hydrogen (secondary N) is 1. The van der Waals surface area contributed by atoms with Crippen molar-refractivity contribution >= 4 is 11.0 Å². The topological polar surface area (TPSA) is 67.6 Å². The van der Waals surface area contributed by atoms with Gasteiger partial charge in [0.1, 0.15) is 5.82 Å². The molecule has 0 unspecified atom stereocenters. The Bertz CT molecular complexity index is 418. The molecule has 4 nitrogen and oxygen atoms in total. The summed E-state index contributed by atoms with van der Waals surface area (Å²) in [7, 11) is 0. The van der Waals surface area contributed by atoms with Crippen LogP contribution in [0.5, 0.6) is 0 Å². The molecule has 0 bridgehead atoms. The molecule has 0 spiro atoms. The van der Waals surface area contributed by atoms with Gasteiger partial charge in [-0.15, -0.1) is 0 Å². The summed E-state index contributed by atoms with van der Waals surface area (Å²) in [6, 6.07) is 1.95. The van der Waals surface area contributed by atoms with E-state index in [0.29, 0.717) is 6.54 Å². The number of aryl methyl sites for hydroxylation is 1. The summed E-state index contributed by atoms with van der Waals surface area (Å²) < 4.78 is 0. The molecule has 2 heterocycles. The smallest absolute Gasteiger partial charge is 0.126 e. The second-order valence-electron chi connectivity index (χ2n) is 2.99. The molecule has 0 saturated heterocycles. The van der Waals surface area contributed by atoms with Gasteiger partial charge in [0.2, 0.25) is 0 Å². The molecule has 0 radical (unpaired) electrons. The maximum absolute atomic E-state index is 5.50. The first-order chi connectivity index (χ1) is 6.31. The Morgan fingerprint density at radius 3 is 3.08 bits per heavy atom. The van der Waals surface area contributed by atoms with Crippen LogP contribution in [0.25, 0.3) is 11.0 Å². The molecule has 0 aliphatic carbocycles. The lowest BCUT2D eigenvalue weighted by Gasteiger charge is -2.01. The van der Waals surface area contributed by atoms with Gasteiger partial charge in [0.25, 0.3) is 0 Å². The fraction of sp³-hybridized carbons (Fsp3) is 0.333. The zero-order valence-corrected chi connectivity index (χ0v) is 7.54. The Balaban J connectivity index is 2.63. The summed E-state index contributed by atoms with van der Waals surface area (Å²) in [5, 5.41) is 0. The van der Waals surface area contributed by atoms with Crippen LogP contribution in [0.3, 0.4) is 0 Å². The first-order valence-corrected chi connectivity index (χ1v) is 4.32. The number of aromatic nitrogens is 3. The number of aromatic amines is 1. The van der Waals surface area contributed by atoms with Gasteiger partial charge >= 0.3 is 0 Å². The standard InChI is InChI=1S/C9H12N4/c1-6-12-7(2-4-10)9-8(13-6)3-5-11-9/h3,5,11H,2,4,10H2,1H3. The van der Waals surface area contributed by atoms with Gasteiger partial charge in [-0.25, -0.2) is 9.97 Å². The lowest BCUT2D eigenvalue weighted by Crippen LogP contribution is -2.06. The zero-order valence-electron chi connectivity index (χ0n) is 7.54. The molecule has 0 amide bonds. The second-order valence-corrected chi connectivity index (χ2v) is 2.99. The van der Waals surface area contributed by atoms with Gasteiger partial charge in [-0.1, -0.05) is 0 Å². The molecule has 13 heavy (non-hydrogen) atoms. The number of nitrogens with zero attached hydrogens (tertiary/aromatic N) is 2. The van der Waals surface area contributed by atoms with Gasteiger partial charge in [-0.2, -0.15) is 0 Å². The highest BCUT2D eigenvalue weighted by Gasteiger charge is 2.04. The van der Waals surface area contributed by atoms with Crippen LogP contribution in [0, 0.1) is 6.92 Å². The zero-order chi connectivity index (χ0) is 9.26. The average molecular weight is 176 g/mol. The highest BCUT2D eigenvalue weighted by molar-refractivity contribution is 5.77. The van der Waals surface area contributed by atoms with Crippen LogP contribution in [0.2, 0.25) is 0 Å². The molecule has 2 aromatic rings. The third-order valence-electron chi connectivity index (χ3n) is 1.97. The SMILES string of the molecule is Cc1nc(CCN)c2[nH]ccc2n1. The summed E-state index contributed by atoms with van der Waals surface area (Å²) in [5.74, 6) is 0.801. The summed E-state index contributed by atoms with van der Waals surface area (Å²) in [6.07, 6.45) is 2.67. The van der Waals surface area contributed by atoms with Crippen LogP contribution in [-0.4, -0.2) is 21.5 Å². The van der Waals surface area contributed by atoms with Crippen molar-refractivity contribution in [3.05, 3.63) is 23.8 Å². The fourth-order valence-corrected chi connectivity index (χ4v) is 1.45. The molecule has 0 atom stereocenters. The molecular weight excluding hydrogens is 164 g/mol. The summed E-state index contributed by atoms with van der Waals surface area (Å²) in [6.45, 7) is 2.51. The van der Waals surface area contributed by atoms with Crippen molar-refractivity contribution < 1.29 is 0 Å². The van der Waals surface area contributed by atoms with E-state index in [1.165, 1.54) is 0 Å². The van der Waals surface area contributed by atoms with E-state index in [1.807, 2.05) is 19.2 Å². The Morgan fingerprint density at radius 2 is 2.31 bits per heavy atom. The van der Waals surface area contributed by atoms with E-state index in [2.05, 4.69) is 15.0 Å². The molecule has 0 aliphatic heterocycles. The number of fused-ring (bicyclic) bond motifs is 1. The van der Waals surface area contributed by atoms with Crippen molar-refractivity contribution in [2.75, 3.05) is 6.54 Å². The Kier molecular flexibility index (Phi) is 1.98. The minimum absolute atomic E-state index is 0.616. The highest BCUT2D eigenvalue weighted by Crippen LogP contribution is 2.13. The van der Waals surface area contributed by atoms with Gasteiger partial charge in [-0.05, 0) is 19.5 Å². The molecule has 0 aromatic carbocycles. The van der Waals surface area contributed by atoms with Crippen molar-refractivity contribution in [1.29, 1.82) is 0 Å². The average Bonchev–Trinajstić information content (AvgIpc) is 2.52. The molecular formula is C9H12N4. The van der Waals surface area contributed by atoms with Gasteiger partial charge in [-0.3, -0.25) is 0 Å². The quantitative estimate of drug-likeness (QED) is 0.710. The Labute approximate surface area is 76.2 Å². The molecule has 2 aromatic heterocycles. The van der Waals surface area contributed by atoms with Crippen LogP contribution >= 0.6 is 0 Å². The molecule has 0 fully saturated rings. The second kappa shape index (κ2) is 3.14. The molecule has 0 aliphatic rings. The summed E-state index contributed by atoms with van der Waals surface area (Å²) >= 11 is 0. The van der Waals surface area contributed by atoms with Crippen LogP contribution in [0.4, 0.5) is 0 Å². The van der Waals surface area contributed by atoms with Crippen LogP contribution in [-0.2, 0) is 6.42 Å². The molecule has 68 valence electrons. The van der Waals surface area contributed by atoms with Gasteiger partial charge in [0.15, 0.2) is 0 Å². The van der Waals surface area contributed by atoms with Gasteiger partial charge in [0.05, 0.1) is 16.7 Å².